The van der Waals surface area contributed by atoms with Crippen LogP contribution in [-0.4, -0.2) is 30.1 Å². The van der Waals surface area contributed by atoms with Crippen molar-refractivity contribution in [3.05, 3.63) is 12.2 Å². The Balaban J connectivity index is 1.89. The zero-order chi connectivity index (χ0) is 17.4. The minimum absolute atomic E-state index is 0.00445. The van der Waals surface area contributed by atoms with Crippen LogP contribution in [0.4, 0.5) is 0 Å². The van der Waals surface area contributed by atoms with Gasteiger partial charge < -0.3 is 9.84 Å². The molecule has 3 fully saturated rings. The number of aliphatic hydroxyl groups excluding tert-OH is 1. The highest BCUT2D eigenvalue weighted by Crippen LogP contribution is 2.66. The van der Waals surface area contributed by atoms with Crippen LogP contribution in [0.15, 0.2) is 12.2 Å². The van der Waals surface area contributed by atoms with Crippen LogP contribution >= 0.6 is 0 Å². The molecule has 0 aliphatic heterocycles. The van der Waals surface area contributed by atoms with Crippen molar-refractivity contribution in [1.29, 1.82) is 0 Å². The average molecular weight is 332 g/mol. The molecule has 3 saturated carbocycles. The number of carbonyl (C=O) groups excluding carboxylic acids is 2. The Hall–Kier alpha value is -1.16. The molecule has 10 atom stereocenters. The van der Waals surface area contributed by atoms with Crippen molar-refractivity contribution >= 4 is 11.8 Å². The molecule has 0 spiro atoms. The fourth-order valence-corrected chi connectivity index (χ4v) is 7.21. The van der Waals surface area contributed by atoms with E-state index in [2.05, 4.69) is 19.9 Å². The van der Waals surface area contributed by atoms with Crippen LogP contribution in [0.5, 0.6) is 0 Å². The van der Waals surface area contributed by atoms with Crippen molar-refractivity contribution in [3.63, 3.8) is 0 Å². The topological polar surface area (TPSA) is 63.6 Å². The second-order valence-corrected chi connectivity index (χ2v) is 8.71. The Morgan fingerprint density at radius 1 is 1.25 bits per heavy atom. The van der Waals surface area contributed by atoms with Gasteiger partial charge in [0, 0.05) is 5.92 Å². The molecule has 0 aromatic heterocycles. The standard InChI is InChI=1S/C20H28O4/c1-9-5-6-10(2)20(19(23)24-4)17(9)11(3)15-12-7-13(14(21)8-12)16(15)18(20)22/h5-6,9-17,21H,7-8H2,1-4H3/t9?,10-,11?,12+,13-,14?,15?,16?,17?,20?/m1/s1. The van der Waals surface area contributed by atoms with Crippen LogP contribution < -0.4 is 0 Å². The number of methoxy groups -OCH3 is 1. The molecule has 0 amide bonds. The van der Waals surface area contributed by atoms with Crippen molar-refractivity contribution in [2.45, 2.75) is 39.7 Å². The highest BCUT2D eigenvalue weighted by Gasteiger charge is 2.71. The predicted molar refractivity (Wildman–Crippen MR) is 88.8 cm³/mol. The number of allylic oxidation sites excluding steroid dienone is 2. The van der Waals surface area contributed by atoms with E-state index in [1.54, 1.807) is 0 Å². The summed E-state index contributed by atoms with van der Waals surface area (Å²) in [5.41, 5.74) is -1.08. The molecule has 24 heavy (non-hydrogen) atoms. The number of carbonyl (C=O) groups is 2. The minimum Gasteiger partial charge on any atom is -0.468 e. The molecule has 132 valence electrons. The summed E-state index contributed by atoms with van der Waals surface area (Å²) < 4.78 is 5.19. The fourth-order valence-electron chi connectivity index (χ4n) is 7.21. The number of ether oxygens (including phenoxy) is 1. The first-order valence-corrected chi connectivity index (χ1v) is 9.34. The summed E-state index contributed by atoms with van der Waals surface area (Å²) in [7, 11) is 1.39. The first-order valence-electron chi connectivity index (χ1n) is 9.34. The maximum atomic E-state index is 13.8. The van der Waals surface area contributed by atoms with Gasteiger partial charge in [0.05, 0.1) is 13.2 Å². The number of rotatable bonds is 1. The van der Waals surface area contributed by atoms with Gasteiger partial charge in [0.1, 0.15) is 5.41 Å². The average Bonchev–Trinajstić information content (AvgIpc) is 3.11. The van der Waals surface area contributed by atoms with Gasteiger partial charge in [-0.1, -0.05) is 32.9 Å². The van der Waals surface area contributed by atoms with Gasteiger partial charge in [-0.15, -0.1) is 0 Å². The molecule has 0 saturated heterocycles. The number of aliphatic hydroxyl groups is 1. The quantitative estimate of drug-likeness (QED) is 0.455. The Kier molecular flexibility index (Phi) is 3.51. The molecular formula is C20H28O4. The molecule has 1 N–H and O–H groups in total. The van der Waals surface area contributed by atoms with Gasteiger partial charge >= 0.3 is 5.97 Å². The van der Waals surface area contributed by atoms with E-state index in [1.165, 1.54) is 7.11 Å². The van der Waals surface area contributed by atoms with Crippen LogP contribution in [-0.2, 0) is 14.3 Å². The van der Waals surface area contributed by atoms with Gasteiger partial charge in [-0.05, 0) is 54.3 Å². The zero-order valence-corrected chi connectivity index (χ0v) is 14.9. The van der Waals surface area contributed by atoms with Crippen molar-refractivity contribution in [1.82, 2.24) is 0 Å². The lowest BCUT2D eigenvalue weighted by molar-refractivity contribution is -0.184. The number of ketones is 1. The Morgan fingerprint density at radius 2 is 1.96 bits per heavy atom. The van der Waals surface area contributed by atoms with E-state index >= 15 is 0 Å². The Bertz CT molecular complexity index is 611. The lowest BCUT2D eigenvalue weighted by Gasteiger charge is -2.57. The lowest BCUT2D eigenvalue weighted by Crippen LogP contribution is -2.64. The normalized spacial score (nSPS) is 55.2. The first-order chi connectivity index (χ1) is 11.4. The van der Waals surface area contributed by atoms with E-state index in [1.807, 2.05) is 13.0 Å². The highest BCUT2D eigenvalue weighted by atomic mass is 16.5. The van der Waals surface area contributed by atoms with Crippen LogP contribution in [0, 0.1) is 52.8 Å². The molecule has 4 nitrogen and oxygen atoms in total. The summed E-state index contributed by atoms with van der Waals surface area (Å²) in [6.45, 7) is 6.32. The molecule has 4 aliphatic carbocycles. The van der Waals surface area contributed by atoms with Crippen molar-refractivity contribution in [2.75, 3.05) is 7.11 Å². The maximum Gasteiger partial charge on any atom is 0.320 e. The molecule has 0 aromatic carbocycles. The summed E-state index contributed by atoms with van der Waals surface area (Å²) >= 11 is 0. The van der Waals surface area contributed by atoms with Gasteiger partial charge in [-0.25, -0.2) is 0 Å². The van der Waals surface area contributed by atoms with Crippen LogP contribution in [0.1, 0.15) is 33.6 Å². The Morgan fingerprint density at radius 3 is 2.62 bits per heavy atom. The molecule has 4 heteroatoms. The Labute approximate surface area is 143 Å². The summed E-state index contributed by atoms with van der Waals surface area (Å²) in [4.78, 5) is 26.7. The SMILES string of the molecule is COC(=O)C12C(=O)C3C(C(C)C1C(C)C=C[C@H]2C)[C@@H]1CC(O)[C@H]3C1. The van der Waals surface area contributed by atoms with E-state index in [-0.39, 0.29) is 53.4 Å². The third-order valence-corrected chi connectivity index (χ3v) is 7.95. The van der Waals surface area contributed by atoms with E-state index in [4.69, 9.17) is 4.74 Å². The number of esters is 1. The number of hydrogen-bond donors (Lipinski definition) is 1. The van der Waals surface area contributed by atoms with Gasteiger partial charge in [0.25, 0.3) is 0 Å². The van der Waals surface area contributed by atoms with Gasteiger partial charge in [0.15, 0.2) is 5.78 Å². The van der Waals surface area contributed by atoms with Gasteiger partial charge in [-0.3, -0.25) is 9.59 Å². The van der Waals surface area contributed by atoms with E-state index in [0.29, 0.717) is 11.8 Å². The predicted octanol–water partition coefficient (Wildman–Crippen LogP) is 2.46. The molecule has 0 radical (unpaired) electrons. The number of fused-ring (bicyclic) bond motifs is 6. The van der Waals surface area contributed by atoms with Crippen molar-refractivity contribution < 1.29 is 19.4 Å². The summed E-state index contributed by atoms with van der Waals surface area (Å²) in [5.74, 6) is 0.597. The van der Waals surface area contributed by atoms with E-state index < -0.39 is 5.41 Å². The molecule has 0 aromatic rings. The number of hydrogen-bond acceptors (Lipinski definition) is 4. The largest absolute Gasteiger partial charge is 0.468 e. The summed E-state index contributed by atoms with van der Waals surface area (Å²) in [6, 6.07) is 0. The monoisotopic (exact) mass is 332 g/mol. The smallest absolute Gasteiger partial charge is 0.320 e. The first kappa shape index (κ1) is 16.3. The second kappa shape index (κ2) is 5.17. The van der Waals surface area contributed by atoms with E-state index in [9.17, 15) is 14.7 Å². The molecular weight excluding hydrogens is 304 g/mol. The molecule has 4 rings (SSSR count). The third kappa shape index (κ3) is 1.68. The third-order valence-electron chi connectivity index (χ3n) is 7.95. The van der Waals surface area contributed by atoms with Crippen molar-refractivity contribution in [2.24, 2.45) is 52.8 Å². The van der Waals surface area contributed by atoms with Gasteiger partial charge in [-0.2, -0.15) is 0 Å². The molecule has 2 bridgehead atoms. The van der Waals surface area contributed by atoms with Crippen LogP contribution in [0.25, 0.3) is 0 Å². The fraction of sp³-hybridized carbons (Fsp3) is 0.800. The molecule has 0 heterocycles. The number of Topliss-reactive ketones (excluding diaryl/α,β-unsaturated/α-hetero) is 1. The van der Waals surface area contributed by atoms with E-state index in [0.717, 1.165) is 12.8 Å². The van der Waals surface area contributed by atoms with Crippen LogP contribution in [0.3, 0.4) is 0 Å². The van der Waals surface area contributed by atoms with Crippen molar-refractivity contribution in [3.8, 4) is 0 Å². The van der Waals surface area contributed by atoms with Gasteiger partial charge in [0.2, 0.25) is 0 Å². The zero-order valence-electron chi connectivity index (χ0n) is 14.9. The molecule has 7 unspecified atom stereocenters. The van der Waals surface area contributed by atoms with Crippen LogP contribution in [0.2, 0.25) is 0 Å². The molecule has 4 aliphatic rings. The summed E-state index contributed by atoms with van der Waals surface area (Å²) in [6.07, 6.45) is 5.56. The second-order valence-electron chi connectivity index (χ2n) is 8.71. The summed E-state index contributed by atoms with van der Waals surface area (Å²) in [5, 5.41) is 10.4. The highest BCUT2D eigenvalue weighted by molar-refractivity contribution is 6.07. The lowest BCUT2D eigenvalue weighted by atomic mass is 9.44. The minimum atomic E-state index is -1.08. The maximum absolute atomic E-state index is 13.8.